The molecule has 2 amide bonds. The molecule has 0 radical (unpaired) electrons. The minimum Gasteiger partial charge on any atom is -0.459 e. The Morgan fingerprint density at radius 1 is 1.23 bits per heavy atom. The average molecular weight is 300 g/mol. The lowest BCUT2D eigenvalue weighted by Gasteiger charge is -2.21. The summed E-state index contributed by atoms with van der Waals surface area (Å²) in [4.78, 5) is 25.2. The second-order valence-electron chi connectivity index (χ2n) is 5.16. The van der Waals surface area contributed by atoms with Gasteiger partial charge in [-0.25, -0.2) is 0 Å². The van der Waals surface area contributed by atoms with Gasteiger partial charge in [0, 0.05) is 26.6 Å². The first-order chi connectivity index (χ1) is 10.6. The number of rotatable bonds is 6. The second-order valence-corrected chi connectivity index (χ2v) is 5.16. The molecule has 5 nitrogen and oxygen atoms in total. The Kier molecular flexibility index (Phi) is 5.36. The van der Waals surface area contributed by atoms with E-state index in [9.17, 15) is 9.59 Å². The molecule has 0 atom stereocenters. The molecule has 1 aromatic carbocycles. The van der Waals surface area contributed by atoms with E-state index in [0.29, 0.717) is 19.6 Å². The Morgan fingerprint density at radius 3 is 2.68 bits per heavy atom. The van der Waals surface area contributed by atoms with Gasteiger partial charge in [-0.3, -0.25) is 9.59 Å². The Morgan fingerprint density at radius 2 is 2.05 bits per heavy atom. The molecule has 0 saturated carbocycles. The summed E-state index contributed by atoms with van der Waals surface area (Å²) in [6.07, 6.45) is 1.45. The minimum absolute atomic E-state index is 0.0197. The van der Waals surface area contributed by atoms with Gasteiger partial charge >= 0.3 is 0 Å². The molecule has 5 heteroatoms. The van der Waals surface area contributed by atoms with Gasteiger partial charge in [0.15, 0.2) is 5.76 Å². The van der Waals surface area contributed by atoms with E-state index in [-0.39, 0.29) is 17.6 Å². The summed E-state index contributed by atoms with van der Waals surface area (Å²) in [5.41, 5.74) is 2.24. The van der Waals surface area contributed by atoms with E-state index >= 15 is 0 Å². The van der Waals surface area contributed by atoms with Crippen molar-refractivity contribution in [3.8, 4) is 0 Å². The summed E-state index contributed by atoms with van der Waals surface area (Å²) in [6, 6.07) is 11.3. The number of hydrogen-bond donors (Lipinski definition) is 1. The minimum atomic E-state index is -0.274. The fraction of sp³-hybridized carbons (Fsp3) is 0.294. The summed E-state index contributed by atoms with van der Waals surface area (Å²) in [5, 5.41) is 2.74. The van der Waals surface area contributed by atoms with Crippen molar-refractivity contribution < 1.29 is 14.0 Å². The summed E-state index contributed by atoms with van der Waals surface area (Å²) in [6.45, 7) is 4.92. The molecule has 0 fully saturated rings. The smallest absolute Gasteiger partial charge is 0.287 e. The van der Waals surface area contributed by atoms with Crippen molar-refractivity contribution in [3.63, 3.8) is 0 Å². The standard InChI is InChI=1S/C17H20N2O3/c1-13-5-3-6-15(11-13)12-19(14(2)20)9-8-18-17(21)16-7-4-10-22-16/h3-7,10-11H,8-9,12H2,1-2H3,(H,18,21). The zero-order chi connectivity index (χ0) is 15.9. The molecule has 22 heavy (non-hydrogen) atoms. The van der Waals surface area contributed by atoms with Gasteiger partial charge in [0.1, 0.15) is 0 Å². The molecule has 0 aliphatic rings. The van der Waals surface area contributed by atoms with Crippen LogP contribution in [0.5, 0.6) is 0 Å². The van der Waals surface area contributed by atoms with Gasteiger partial charge in [-0.2, -0.15) is 0 Å². The number of nitrogens with one attached hydrogen (secondary N) is 1. The van der Waals surface area contributed by atoms with Crippen LogP contribution in [0.15, 0.2) is 47.1 Å². The maximum absolute atomic E-state index is 11.8. The van der Waals surface area contributed by atoms with Crippen molar-refractivity contribution in [2.24, 2.45) is 0 Å². The molecule has 0 spiro atoms. The van der Waals surface area contributed by atoms with E-state index < -0.39 is 0 Å². The van der Waals surface area contributed by atoms with Gasteiger partial charge in [0.25, 0.3) is 5.91 Å². The third-order valence-electron chi connectivity index (χ3n) is 3.31. The molecule has 0 unspecified atom stereocenters. The summed E-state index contributed by atoms with van der Waals surface area (Å²) < 4.78 is 5.02. The van der Waals surface area contributed by atoms with E-state index in [2.05, 4.69) is 11.4 Å². The third-order valence-corrected chi connectivity index (χ3v) is 3.31. The van der Waals surface area contributed by atoms with Crippen molar-refractivity contribution in [2.75, 3.05) is 13.1 Å². The van der Waals surface area contributed by atoms with Crippen LogP contribution in [-0.4, -0.2) is 29.8 Å². The van der Waals surface area contributed by atoms with Crippen LogP contribution in [0, 0.1) is 6.92 Å². The molecular weight excluding hydrogens is 280 g/mol. The van der Waals surface area contributed by atoms with Crippen molar-refractivity contribution in [2.45, 2.75) is 20.4 Å². The Labute approximate surface area is 129 Å². The molecule has 0 bridgehead atoms. The van der Waals surface area contributed by atoms with Crippen LogP contribution < -0.4 is 5.32 Å². The molecule has 0 aliphatic carbocycles. The first-order valence-corrected chi connectivity index (χ1v) is 7.19. The molecule has 1 aromatic heterocycles. The number of hydrogen-bond acceptors (Lipinski definition) is 3. The highest BCUT2D eigenvalue weighted by Crippen LogP contribution is 2.08. The average Bonchev–Trinajstić information content (AvgIpc) is 3.00. The van der Waals surface area contributed by atoms with Crippen LogP contribution in [0.3, 0.4) is 0 Å². The van der Waals surface area contributed by atoms with Crippen molar-refractivity contribution in [1.82, 2.24) is 10.2 Å². The van der Waals surface area contributed by atoms with Gasteiger partial charge in [-0.05, 0) is 24.6 Å². The third kappa shape index (κ3) is 4.48. The number of carbonyl (C=O) groups excluding carboxylic acids is 2. The normalized spacial score (nSPS) is 10.3. The summed E-state index contributed by atoms with van der Waals surface area (Å²) >= 11 is 0. The molecule has 1 N–H and O–H groups in total. The summed E-state index contributed by atoms with van der Waals surface area (Å²) in [7, 11) is 0. The Hall–Kier alpha value is -2.56. The first kappa shape index (κ1) is 15.8. The molecule has 2 rings (SSSR count). The molecule has 1 heterocycles. The zero-order valence-corrected chi connectivity index (χ0v) is 12.8. The highest BCUT2D eigenvalue weighted by Gasteiger charge is 2.12. The summed E-state index contributed by atoms with van der Waals surface area (Å²) in [5.74, 6) is -0.0223. The number of furan rings is 1. The molecular formula is C17H20N2O3. The topological polar surface area (TPSA) is 62.6 Å². The van der Waals surface area contributed by atoms with Crippen LogP contribution in [0.4, 0.5) is 0 Å². The maximum Gasteiger partial charge on any atom is 0.287 e. The highest BCUT2D eigenvalue weighted by atomic mass is 16.3. The number of benzene rings is 1. The van der Waals surface area contributed by atoms with Crippen molar-refractivity contribution in [1.29, 1.82) is 0 Å². The predicted octanol–water partition coefficient (Wildman–Crippen LogP) is 2.37. The number of nitrogens with zero attached hydrogens (tertiary/aromatic N) is 1. The van der Waals surface area contributed by atoms with E-state index in [0.717, 1.165) is 11.1 Å². The van der Waals surface area contributed by atoms with Gasteiger partial charge in [-0.1, -0.05) is 29.8 Å². The largest absolute Gasteiger partial charge is 0.459 e. The first-order valence-electron chi connectivity index (χ1n) is 7.19. The number of amides is 2. The Balaban J connectivity index is 1.87. The lowest BCUT2D eigenvalue weighted by molar-refractivity contribution is -0.129. The fourth-order valence-electron chi connectivity index (χ4n) is 2.18. The second kappa shape index (κ2) is 7.45. The van der Waals surface area contributed by atoms with Gasteiger partial charge in [-0.15, -0.1) is 0 Å². The Bertz CT molecular complexity index is 635. The fourth-order valence-corrected chi connectivity index (χ4v) is 2.18. The van der Waals surface area contributed by atoms with Gasteiger partial charge in [0.05, 0.1) is 6.26 Å². The van der Waals surface area contributed by atoms with E-state index in [4.69, 9.17) is 4.42 Å². The monoisotopic (exact) mass is 300 g/mol. The van der Waals surface area contributed by atoms with Crippen molar-refractivity contribution in [3.05, 3.63) is 59.5 Å². The quantitative estimate of drug-likeness (QED) is 0.891. The van der Waals surface area contributed by atoms with Crippen LogP contribution in [-0.2, 0) is 11.3 Å². The van der Waals surface area contributed by atoms with Crippen LogP contribution in [0.25, 0.3) is 0 Å². The molecule has 2 aromatic rings. The maximum atomic E-state index is 11.8. The lowest BCUT2D eigenvalue weighted by atomic mass is 10.1. The van der Waals surface area contributed by atoms with Crippen molar-refractivity contribution >= 4 is 11.8 Å². The van der Waals surface area contributed by atoms with Gasteiger partial charge in [0.2, 0.25) is 5.91 Å². The van der Waals surface area contributed by atoms with E-state index in [1.807, 2.05) is 25.1 Å². The van der Waals surface area contributed by atoms with E-state index in [1.165, 1.54) is 13.2 Å². The van der Waals surface area contributed by atoms with E-state index in [1.54, 1.807) is 17.0 Å². The molecule has 116 valence electrons. The van der Waals surface area contributed by atoms with Crippen LogP contribution >= 0.6 is 0 Å². The van der Waals surface area contributed by atoms with Gasteiger partial charge < -0.3 is 14.6 Å². The number of aryl methyl sites for hydroxylation is 1. The van der Waals surface area contributed by atoms with Crippen LogP contribution in [0.1, 0.15) is 28.6 Å². The predicted molar refractivity (Wildman–Crippen MR) is 83.3 cm³/mol. The van der Waals surface area contributed by atoms with Crippen LogP contribution in [0.2, 0.25) is 0 Å². The SMILES string of the molecule is CC(=O)N(CCNC(=O)c1ccco1)Cc1cccc(C)c1. The zero-order valence-electron chi connectivity index (χ0n) is 12.8. The number of carbonyl (C=O) groups is 2. The molecule has 0 saturated heterocycles. The lowest BCUT2D eigenvalue weighted by Crippen LogP contribution is -2.37. The highest BCUT2D eigenvalue weighted by molar-refractivity contribution is 5.91. The molecule has 0 aliphatic heterocycles.